The lowest BCUT2D eigenvalue weighted by atomic mass is 9.96. The first-order chi connectivity index (χ1) is 12.8. The molecular weight excluding hydrogens is 326 g/mol. The first-order valence-corrected chi connectivity index (χ1v) is 10.1. The summed E-state index contributed by atoms with van der Waals surface area (Å²) in [4.78, 5) is 4.38. The summed E-state index contributed by atoms with van der Waals surface area (Å²) in [6, 6.07) is 9.18. The Balaban J connectivity index is 1.44. The lowest BCUT2D eigenvalue weighted by Gasteiger charge is -2.25. The van der Waals surface area contributed by atoms with Gasteiger partial charge in [-0.3, -0.25) is 4.99 Å². The molecule has 1 aromatic rings. The number of hydrogen-bond acceptors (Lipinski definition) is 3. The predicted molar refractivity (Wildman–Crippen MR) is 105 cm³/mol. The van der Waals surface area contributed by atoms with Gasteiger partial charge in [0.15, 0.2) is 5.96 Å². The molecular formula is C21H33N3O2. The van der Waals surface area contributed by atoms with Gasteiger partial charge in [0.25, 0.3) is 0 Å². The van der Waals surface area contributed by atoms with Gasteiger partial charge in [0.2, 0.25) is 0 Å². The molecule has 1 aromatic carbocycles. The highest BCUT2D eigenvalue weighted by atomic mass is 16.5. The molecule has 1 saturated carbocycles. The Labute approximate surface area is 157 Å². The highest BCUT2D eigenvalue weighted by Gasteiger charge is 2.15. The predicted octanol–water partition coefficient (Wildman–Crippen LogP) is 3.38. The topological polar surface area (TPSA) is 54.9 Å². The van der Waals surface area contributed by atoms with E-state index in [9.17, 15) is 0 Å². The Hall–Kier alpha value is -1.59. The van der Waals surface area contributed by atoms with Crippen molar-refractivity contribution in [1.82, 2.24) is 10.6 Å². The number of nitrogens with one attached hydrogen (secondary N) is 2. The van der Waals surface area contributed by atoms with Gasteiger partial charge in [0.05, 0.1) is 12.7 Å². The lowest BCUT2D eigenvalue weighted by molar-refractivity contribution is -0.0390. The molecule has 144 valence electrons. The van der Waals surface area contributed by atoms with Crippen molar-refractivity contribution in [2.45, 2.75) is 70.2 Å². The standard InChI is InChI=1S/C21H33N3O2/c1-22-21(24-19-8-3-2-4-9-19)23-15-17-6-5-7-18(14-17)16-26-20-10-12-25-13-11-20/h5-7,14,19-20H,2-4,8-13,15-16H2,1H3,(H2,22,23,24). The minimum atomic E-state index is 0.337. The van der Waals surface area contributed by atoms with Gasteiger partial charge in [-0.1, -0.05) is 43.5 Å². The Kier molecular flexibility index (Phi) is 7.77. The lowest BCUT2D eigenvalue weighted by Crippen LogP contribution is -2.43. The van der Waals surface area contributed by atoms with Gasteiger partial charge < -0.3 is 20.1 Å². The largest absolute Gasteiger partial charge is 0.381 e. The van der Waals surface area contributed by atoms with E-state index < -0.39 is 0 Å². The van der Waals surface area contributed by atoms with E-state index in [1.54, 1.807) is 0 Å². The van der Waals surface area contributed by atoms with Crippen molar-refractivity contribution in [3.63, 3.8) is 0 Å². The molecule has 2 aliphatic rings. The Morgan fingerprint density at radius 1 is 1.12 bits per heavy atom. The van der Waals surface area contributed by atoms with Crippen LogP contribution >= 0.6 is 0 Å². The number of hydrogen-bond donors (Lipinski definition) is 2. The maximum absolute atomic E-state index is 6.03. The van der Waals surface area contributed by atoms with E-state index in [0.717, 1.165) is 38.6 Å². The molecule has 0 atom stereocenters. The van der Waals surface area contributed by atoms with Gasteiger partial charge in [0.1, 0.15) is 0 Å². The molecule has 2 N–H and O–H groups in total. The molecule has 0 radical (unpaired) electrons. The number of ether oxygens (including phenoxy) is 2. The highest BCUT2D eigenvalue weighted by Crippen LogP contribution is 2.17. The molecule has 0 amide bonds. The minimum absolute atomic E-state index is 0.337. The summed E-state index contributed by atoms with van der Waals surface area (Å²) >= 11 is 0. The van der Waals surface area contributed by atoms with E-state index in [4.69, 9.17) is 9.47 Å². The van der Waals surface area contributed by atoms with Crippen LogP contribution in [-0.2, 0) is 22.6 Å². The van der Waals surface area contributed by atoms with Gasteiger partial charge in [-0.15, -0.1) is 0 Å². The van der Waals surface area contributed by atoms with Crippen molar-refractivity contribution < 1.29 is 9.47 Å². The second-order valence-corrected chi connectivity index (χ2v) is 7.35. The van der Waals surface area contributed by atoms with E-state index in [1.807, 2.05) is 7.05 Å². The molecule has 0 unspecified atom stereocenters. The zero-order valence-electron chi connectivity index (χ0n) is 16.0. The van der Waals surface area contributed by atoms with Crippen LogP contribution in [0, 0.1) is 0 Å². The molecule has 1 saturated heterocycles. The summed E-state index contributed by atoms with van der Waals surface area (Å²) in [7, 11) is 1.84. The smallest absolute Gasteiger partial charge is 0.191 e. The van der Waals surface area contributed by atoms with Gasteiger partial charge in [-0.05, 0) is 36.8 Å². The normalized spacial score (nSPS) is 20.1. The molecule has 2 fully saturated rings. The minimum Gasteiger partial charge on any atom is -0.381 e. The maximum Gasteiger partial charge on any atom is 0.191 e. The number of guanidine groups is 1. The van der Waals surface area contributed by atoms with Crippen molar-refractivity contribution in [2.75, 3.05) is 20.3 Å². The zero-order valence-corrected chi connectivity index (χ0v) is 16.0. The molecule has 0 bridgehead atoms. The fourth-order valence-corrected chi connectivity index (χ4v) is 3.71. The number of rotatable bonds is 6. The van der Waals surface area contributed by atoms with Crippen LogP contribution in [0.1, 0.15) is 56.1 Å². The summed E-state index contributed by atoms with van der Waals surface area (Å²) in [5.74, 6) is 0.903. The summed E-state index contributed by atoms with van der Waals surface area (Å²) in [5.41, 5.74) is 2.48. The highest BCUT2D eigenvalue weighted by molar-refractivity contribution is 5.79. The van der Waals surface area contributed by atoms with E-state index in [-0.39, 0.29) is 0 Å². The van der Waals surface area contributed by atoms with E-state index in [1.165, 1.54) is 43.2 Å². The first-order valence-electron chi connectivity index (χ1n) is 10.1. The molecule has 1 heterocycles. The zero-order chi connectivity index (χ0) is 18.0. The van der Waals surface area contributed by atoms with Crippen LogP contribution in [0.5, 0.6) is 0 Å². The second kappa shape index (κ2) is 10.5. The van der Waals surface area contributed by atoms with Crippen LogP contribution in [0.25, 0.3) is 0 Å². The average molecular weight is 360 g/mol. The van der Waals surface area contributed by atoms with Crippen molar-refractivity contribution in [3.05, 3.63) is 35.4 Å². The van der Waals surface area contributed by atoms with Crippen molar-refractivity contribution >= 4 is 5.96 Å². The molecule has 5 nitrogen and oxygen atoms in total. The van der Waals surface area contributed by atoms with Gasteiger partial charge >= 0.3 is 0 Å². The summed E-state index contributed by atoms with van der Waals surface area (Å²) in [6.07, 6.45) is 8.86. The van der Waals surface area contributed by atoms with Crippen molar-refractivity contribution in [3.8, 4) is 0 Å². The third kappa shape index (κ3) is 6.29. The molecule has 3 rings (SSSR count). The molecule has 1 aliphatic heterocycles. The molecule has 1 aliphatic carbocycles. The van der Waals surface area contributed by atoms with Crippen LogP contribution in [0.3, 0.4) is 0 Å². The number of aliphatic imine (C=N–C) groups is 1. The van der Waals surface area contributed by atoms with Crippen LogP contribution in [0.4, 0.5) is 0 Å². The average Bonchev–Trinajstić information content (AvgIpc) is 2.71. The second-order valence-electron chi connectivity index (χ2n) is 7.35. The van der Waals surface area contributed by atoms with E-state index in [2.05, 4.69) is 39.9 Å². The molecule has 26 heavy (non-hydrogen) atoms. The summed E-state index contributed by atoms with van der Waals surface area (Å²) in [5, 5.41) is 7.01. The van der Waals surface area contributed by atoms with E-state index in [0.29, 0.717) is 18.8 Å². The molecule has 0 spiro atoms. The third-order valence-electron chi connectivity index (χ3n) is 5.28. The third-order valence-corrected chi connectivity index (χ3v) is 5.28. The monoisotopic (exact) mass is 359 g/mol. The van der Waals surface area contributed by atoms with Crippen molar-refractivity contribution in [1.29, 1.82) is 0 Å². The Morgan fingerprint density at radius 3 is 2.65 bits per heavy atom. The number of nitrogens with zero attached hydrogens (tertiary/aromatic N) is 1. The summed E-state index contributed by atoms with van der Waals surface area (Å²) < 4.78 is 11.4. The fraction of sp³-hybridized carbons (Fsp3) is 0.667. The maximum atomic E-state index is 6.03. The Morgan fingerprint density at radius 2 is 1.88 bits per heavy atom. The molecule has 0 aromatic heterocycles. The van der Waals surface area contributed by atoms with Gasteiger partial charge in [-0.25, -0.2) is 0 Å². The van der Waals surface area contributed by atoms with Crippen LogP contribution in [0.2, 0.25) is 0 Å². The van der Waals surface area contributed by atoms with Crippen LogP contribution < -0.4 is 10.6 Å². The number of benzene rings is 1. The van der Waals surface area contributed by atoms with Crippen LogP contribution in [0.15, 0.2) is 29.3 Å². The van der Waals surface area contributed by atoms with Gasteiger partial charge in [0, 0.05) is 32.8 Å². The SMILES string of the molecule is CN=C(NCc1cccc(COC2CCOCC2)c1)NC1CCCCC1. The van der Waals surface area contributed by atoms with E-state index >= 15 is 0 Å². The van der Waals surface area contributed by atoms with Crippen molar-refractivity contribution in [2.24, 2.45) is 4.99 Å². The quantitative estimate of drug-likeness (QED) is 0.604. The Bertz CT molecular complexity index is 564. The first kappa shape index (κ1) is 19.2. The van der Waals surface area contributed by atoms with Gasteiger partial charge in [-0.2, -0.15) is 0 Å². The fourth-order valence-electron chi connectivity index (χ4n) is 3.71. The van der Waals surface area contributed by atoms with Crippen LogP contribution in [-0.4, -0.2) is 38.4 Å². The molecule has 5 heteroatoms. The summed E-state index contributed by atoms with van der Waals surface area (Å²) in [6.45, 7) is 3.09.